The number of aryl methyl sites for hydroxylation is 2. The van der Waals surface area contributed by atoms with Crippen LogP contribution in [-0.2, 0) is 13.0 Å². The van der Waals surface area contributed by atoms with Crippen molar-refractivity contribution < 1.29 is 9.21 Å². The maximum atomic E-state index is 12.6. The van der Waals surface area contributed by atoms with E-state index in [4.69, 9.17) is 16.0 Å². The number of rotatable bonds is 6. The minimum absolute atomic E-state index is 0.0432. The summed E-state index contributed by atoms with van der Waals surface area (Å²) in [5, 5.41) is 3.07. The van der Waals surface area contributed by atoms with E-state index in [0.29, 0.717) is 5.69 Å². The van der Waals surface area contributed by atoms with Gasteiger partial charge in [0.25, 0.3) is 5.91 Å². The molecule has 0 aliphatic heterocycles. The number of nitrogens with zero attached hydrogens (tertiary/aromatic N) is 1. The molecule has 0 radical (unpaired) electrons. The number of hydrogen-bond acceptors (Lipinski definition) is 3. The van der Waals surface area contributed by atoms with Crippen molar-refractivity contribution in [3.63, 3.8) is 0 Å². The van der Waals surface area contributed by atoms with E-state index in [1.165, 1.54) is 11.3 Å². The fraction of sp³-hybridized carbons (Fsp3) is 0.353. The molecular weight excluding hydrogens is 332 g/mol. The van der Waals surface area contributed by atoms with Crippen LogP contribution in [0.25, 0.3) is 10.2 Å². The third kappa shape index (κ3) is 3.46. The van der Waals surface area contributed by atoms with Crippen LogP contribution < -0.4 is 5.32 Å². The summed E-state index contributed by atoms with van der Waals surface area (Å²) in [6, 6.07) is 7.75. The van der Waals surface area contributed by atoms with Crippen molar-refractivity contribution in [2.45, 2.75) is 39.3 Å². The summed E-state index contributed by atoms with van der Waals surface area (Å²) < 4.78 is 9.12. The van der Waals surface area contributed by atoms with Crippen molar-refractivity contribution in [1.82, 2.24) is 9.88 Å². The lowest BCUT2D eigenvalue weighted by Crippen LogP contribution is -2.34. The number of carbonyl (C=O) groups is 1. The lowest BCUT2D eigenvalue weighted by atomic mass is 10.1. The molecule has 0 spiro atoms. The van der Waals surface area contributed by atoms with Crippen molar-refractivity contribution in [2.75, 3.05) is 0 Å². The van der Waals surface area contributed by atoms with E-state index in [9.17, 15) is 4.79 Å². The smallest absolute Gasteiger partial charge is 0.268 e. The van der Waals surface area contributed by atoms with E-state index in [2.05, 4.69) is 5.32 Å². The zero-order valence-electron chi connectivity index (χ0n) is 13.1. The Hall–Kier alpha value is -1.72. The first-order chi connectivity index (χ1) is 11.1. The number of fused-ring (bicyclic) bond motifs is 1. The molecule has 3 heterocycles. The molecule has 122 valence electrons. The second kappa shape index (κ2) is 6.81. The van der Waals surface area contributed by atoms with Gasteiger partial charge >= 0.3 is 0 Å². The van der Waals surface area contributed by atoms with E-state index in [0.717, 1.165) is 39.7 Å². The maximum absolute atomic E-state index is 12.6. The average molecular weight is 351 g/mol. The van der Waals surface area contributed by atoms with Crippen LogP contribution in [0.5, 0.6) is 0 Å². The molecule has 4 nitrogen and oxygen atoms in total. The number of carbonyl (C=O) groups excluding carboxylic acids is 1. The number of furan rings is 1. The molecule has 0 aliphatic rings. The van der Waals surface area contributed by atoms with Crippen molar-refractivity contribution in [3.05, 3.63) is 46.3 Å². The zero-order valence-corrected chi connectivity index (χ0v) is 14.7. The predicted octanol–water partition coefficient (Wildman–Crippen LogP) is 4.72. The van der Waals surface area contributed by atoms with Crippen LogP contribution in [0.3, 0.4) is 0 Å². The van der Waals surface area contributed by atoms with Gasteiger partial charge in [-0.2, -0.15) is 0 Å². The third-order valence-electron chi connectivity index (χ3n) is 3.89. The average Bonchev–Trinajstić information content (AvgIpc) is 3.20. The second-order valence-corrected chi connectivity index (χ2v) is 7.28. The molecule has 0 saturated heterocycles. The largest absolute Gasteiger partial charge is 0.469 e. The lowest BCUT2D eigenvalue weighted by Gasteiger charge is -2.14. The highest BCUT2D eigenvalue weighted by atomic mass is 35.5. The van der Waals surface area contributed by atoms with Crippen LogP contribution in [0.4, 0.5) is 0 Å². The van der Waals surface area contributed by atoms with Gasteiger partial charge in [0.2, 0.25) is 0 Å². The highest BCUT2D eigenvalue weighted by Crippen LogP contribution is 2.32. The van der Waals surface area contributed by atoms with Gasteiger partial charge in [0.05, 0.1) is 20.8 Å². The number of thiophene rings is 1. The zero-order chi connectivity index (χ0) is 16.4. The van der Waals surface area contributed by atoms with Crippen LogP contribution in [0, 0.1) is 0 Å². The quantitative estimate of drug-likeness (QED) is 0.699. The number of aromatic nitrogens is 1. The van der Waals surface area contributed by atoms with Gasteiger partial charge in [0, 0.05) is 19.0 Å². The number of amides is 1. The first kappa shape index (κ1) is 16.1. The minimum Gasteiger partial charge on any atom is -0.469 e. The fourth-order valence-electron chi connectivity index (χ4n) is 2.72. The molecule has 3 rings (SSSR count). The van der Waals surface area contributed by atoms with Crippen molar-refractivity contribution in [1.29, 1.82) is 0 Å². The van der Waals surface area contributed by atoms with Crippen LogP contribution in [0.1, 0.15) is 36.5 Å². The molecule has 0 saturated carbocycles. The summed E-state index contributed by atoms with van der Waals surface area (Å²) in [5.41, 5.74) is 1.71. The summed E-state index contributed by atoms with van der Waals surface area (Å²) >= 11 is 7.55. The molecule has 0 bridgehead atoms. The van der Waals surface area contributed by atoms with E-state index in [1.54, 1.807) is 6.26 Å². The summed E-state index contributed by atoms with van der Waals surface area (Å²) in [5.74, 6) is 0.900. The van der Waals surface area contributed by atoms with Crippen molar-refractivity contribution in [2.24, 2.45) is 0 Å². The van der Waals surface area contributed by atoms with Gasteiger partial charge in [0.15, 0.2) is 0 Å². The fourth-order valence-corrected chi connectivity index (χ4v) is 3.90. The van der Waals surface area contributed by atoms with Gasteiger partial charge in [0.1, 0.15) is 11.5 Å². The van der Waals surface area contributed by atoms with E-state index >= 15 is 0 Å². The van der Waals surface area contributed by atoms with Crippen LogP contribution >= 0.6 is 22.9 Å². The predicted molar refractivity (Wildman–Crippen MR) is 94.5 cm³/mol. The van der Waals surface area contributed by atoms with Crippen LogP contribution in [-0.4, -0.2) is 16.5 Å². The Balaban J connectivity index is 1.68. The second-order valence-electron chi connectivity index (χ2n) is 5.57. The van der Waals surface area contributed by atoms with Gasteiger partial charge in [-0.3, -0.25) is 4.79 Å². The van der Waals surface area contributed by atoms with Crippen LogP contribution in [0.2, 0.25) is 4.34 Å². The highest BCUT2D eigenvalue weighted by Gasteiger charge is 2.18. The van der Waals surface area contributed by atoms with Gasteiger partial charge in [-0.25, -0.2) is 0 Å². The van der Waals surface area contributed by atoms with Crippen molar-refractivity contribution >= 4 is 39.1 Å². The standard InChI is InChI=1S/C17H19ClN2O2S/c1-3-20-13-10-16(18)23-15(13)9-14(20)17(21)19-11(2)6-7-12-5-4-8-22-12/h4-5,8-11H,3,6-7H2,1-2H3,(H,19,21)/t11-/m1/s1. The Labute approximate surface area is 144 Å². The third-order valence-corrected chi connectivity index (χ3v) is 5.09. The Kier molecular flexibility index (Phi) is 4.78. The summed E-state index contributed by atoms with van der Waals surface area (Å²) in [6.07, 6.45) is 3.32. The van der Waals surface area contributed by atoms with Gasteiger partial charge in [-0.15, -0.1) is 11.3 Å². The SMILES string of the molecule is CCn1c(C(=O)N[C@H](C)CCc2ccco2)cc2sc(Cl)cc21. The molecule has 0 aromatic carbocycles. The van der Waals surface area contributed by atoms with Gasteiger partial charge < -0.3 is 14.3 Å². The Bertz CT molecular complexity index is 804. The summed E-state index contributed by atoms with van der Waals surface area (Å²) in [6.45, 7) is 4.78. The number of halogens is 1. The Morgan fingerprint density at radius 2 is 2.30 bits per heavy atom. The lowest BCUT2D eigenvalue weighted by molar-refractivity contribution is 0.0929. The molecule has 3 aromatic rings. The number of hydrogen-bond donors (Lipinski definition) is 1. The first-order valence-electron chi connectivity index (χ1n) is 7.70. The summed E-state index contributed by atoms with van der Waals surface area (Å²) in [7, 11) is 0. The molecule has 0 fully saturated rings. The van der Waals surface area contributed by atoms with Crippen molar-refractivity contribution in [3.8, 4) is 0 Å². The molecule has 1 amide bonds. The highest BCUT2D eigenvalue weighted by molar-refractivity contribution is 7.22. The molecule has 1 atom stereocenters. The van der Waals surface area contributed by atoms with Gasteiger partial charge in [-0.05, 0) is 44.5 Å². The topological polar surface area (TPSA) is 47.2 Å². The van der Waals surface area contributed by atoms with E-state index in [-0.39, 0.29) is 11.9 Å². The molecule has 0 aliphatic carbocycles. The minimum atomic E-state index is -0.0432. The molecule has 3 aromatic heterocycles. The first-order valence-corrected chi connectivity index (χ1v) is 8.89. The molecule has 1 N–H and O–H groups in total. The Morgan fingerprint density at radius 3 is 3.00 bits per heavy atom. The molecular formula is C17H19ClN2O2S. The van der Waals surface area contributed by atoms with E-state index < -0.39 is 0 Å². The van der Waals surface area contributed by atoms with E-state index in [1.807, 2.05) is 42.7 Å². The normalized spacial score (nSPS) is 12.7. The van der Waals surface area contributed by atoms with Gasteiger partial charge in [-0.1, -0.05) is 11.6 Å². The molecule has 6 heteroatoms. The Morgan fingerprint density at radius 1 is 1.48 bits per heavy atom. The maximum Gasteiger partial charge on any atom is 0.268 e. The molecule has 23 heavy (non-hydrogen) atoms. The van der Waals surface area contributed by atoms with Crippen LogP contribution in [0.15, 0.2) is 34.9 Å². The summed E-state index contributed by atoms with van der Waals surface area (Å²) in [4.78, 5) is 12.6. The monoisotopic (exact) mass is 350 g/mol. The number of nitrogens with one attached hydrogen (secondary N) is 1. The molecule has 0 unspecified atom stereocenters.